The molecule has 3 rings (SSSR count). The largest absolute Gasteiger partial charge is 0.485 e. The Morgan fingerprint density at radius 1 is 1.18 bits per heavy atom. The van der Waals surface area contributed by atoms with Gasteiger partial charge in [0.1, 0.15) is 5.75 Å². The molecule has 1 atom stereocenters. The first kappa shape index (κ1) is 16.8. The van der Waals surface area contributed by atoms with E-state index in [0.717, 1.165) is 31.2 Å². The second-order valence-electron chi connectivity index (χ2n) is 5.46. The highest BCUT2D eigenvalue weighted by Gasteiger charge is 2.16. The Balaban J connectivity index is 0.00000176. The average Bonchev–Trinajstić information content (AvgIpc) is 2.80. The number of halogens is 1. The molecule has 1 saturated heterocycles. The van der Waals surface area contributed by atoms with Gasteiger partial charge in [0.05, 0.1) is 0 Å². The Hall–Kier alpha value is -1.59. The lowest BCUT2D eigenvalue weighted by Gasteiger charge is -2.09. The number of para-hydroxylation sites is 1. The van der Waals surface area contributed by atoms with Crippen LogP contribution < -0.4 is 10.1 Å². The van der Waals surface area contributed by atoms with E-state index in [1.165, 1.54) is 19.3 Å². The number of rotatable bonds is 5. The summed E-state index contributed by atoms with van der Waals surface area (Å²) in [6.07, 6.45) is 4.51. The van der Waals surface area contributed by atoms with Crippen LogP contribution >= 0.6 is 12.4 Å². The molecule has 6 heteroatoms. The van der Waals surface area contributed by atoms with Crippen LogP contribution in [0.3, 0.4) is 0 Å². The van der Waals surface area contributed by atoms with Crippen molar-refractivity contribution in [3.05, 3.63) is 42.0 Å². The molecule has 0 saturated carbocycles. The van der Waals surface area contributed by atoms with E-state index < -0.39 is 0 Å². The monoisotopic (exact) mass is 323 g/mol. The lowest BCUT2D eigenvalue weighted by Crippen LogP contribution is -2.14. The molecule has 120 valence electrons. The predicted molar refractivity (Wildman–Crippen MR) is 86.2 cm³/mol. The van der Waals surface area contributed by atoms with Crippen molar-refractivity contribution in [1.82, 2.24) is 15.5 Å². The maximum Gasteiger partial charge on any atom is 0.227 e. The molecule has 0 amide bonds. The fourth-order valence-corrected chi connectivity index (χ4v) is 2.64. The van der Waals surface area contributed by atoms with Gasteiger partial charge in [0.15, 0.2) is 6.61 Å². The number of benzene rings is 1. The molecule has 5 nitrogen and oxygen atoms in total. The molecule has 2 aromatic rings. The van der Waals surface area contributed by atoms with Crippen LogP contribution in [-0.4, -0.2) is 23.2 Å². The van der Waals surface area contributed by atoms with E-state index in [1.807, 2.05) is 30.3 Å². The molecule has 0 bridgehead atoms. The van der Waals surface area contributed by atoms with Crippen LogP contribution in [0.4, 0.5) is 0 Å². The van der Waals surface area contributed by atoms with E-state index >= 15 is 0 Å². The highest BCUT2D eigenvalue weighted by molar-refractivity contribution is 5.85. The third-order valence-corrected chi connectivity index (χ3v) is 3.78. The first-order valence-electron chi connectivity index (χ1n) is 7.60. The van der Waals surface area contributed by atoms with Crippen molar-refractivity contribution < 1.29 is 9.26 Å². The number of nitrogens with zero attached hydrogens (tertiary/aromatic N) is 2. The minimum Gasteiger partial charge on any atom is -0.485 e. The van der Waals surface area contributed by atoms with Gasteiger partial charge in [-0.15, -0.1) is 12.4 Å². The van der Waals surface area contributed by atoms with Gasteiger partial charge in [-0.05, 0) is 50.4 Å². The molecule has 1 fully saturated rings. The summed E-state index contributed by atoms with van der Waals surface area (Å²) < 4.78 is 11.0. The third-order valence-electron chi connectivity index (χ3n) is 3.78. The van der Waals surface area contributed by atoms with Crippen LogP contribution in [0, 0.1) is 5.92 Å². The SMILES string of the molecule is Cl.c1ccc(OCc2noc(CC3CCCNCC3)n2)cc1. The average molecular weight is 324 g/mol. The summed E-state index contributed by atoms with van der Waals surface area (Å²) in [7, 11) is 0. The Labute approximate surface area is 136 Å². The first-order chi connectivity index (χ1) is 10.4. The Bertz CT molecular complexity index is 539. The molecule has 0 spiro atoms. The lowest BCUT2D eigenvalue weighted by atomic mass is 9.97. The van der Waals surface area contributed by atoms with E-state index in [2.05, 4.69) is 15.5 Å². The molecular formula is C16H22ClN3O2. The van der Waals surface area contributed by atoms with Gasteiger partial charge in [0.25, 0.3) is 0 Å². The zero-order valence-corrected chi connectivity index (χ0v) is 13.3. The van der Waals surface area contributed by atoms with Crippen molar-refractivity contribution in [2.75, 3.05) is 13.1 Å². The quantitative estimate of drug-likeness (QED) is 0.916. The van der Waals surface area contributed by atoms with Crippen LogP contribution in [-0.2, 0) is 13.0 Å². The number of nitrogens with one attached hydrogen (secondary N) is 1. The summed E-state index contributed by atoms with van der Waals surface area (Å²) >= 11 is 0. The summed E-state index contributed by atoms with van der Waals surface area (Å²) in [6, 6.07) is 9.67. The van der Waals surface area contributed by atoms with Crippen molar-refractivity contribution in [3.63, 3.8) is 0 Å². The van der Waals surface area contributed by atoms with Gasteiger partial charge in [-0.2, -0.15) is 4.98 Å². The number of hydrogen-bond acceptors (Lipinski definition) is 5. The van der Waals surface area contributed by atoms with Gasteiger partial charge in [-0.3, -0.25) is 0 Å². The normalized spacial score (nSPS) is 18.3. The van der Waals surface area contributed by atoms with E-state index in [9.17, 15) is 0 Å². The smallest absolute Gasteiger partial charge is 0.227 e. The standard InChI is InChI=1S/C16H21N3O2.ClH/c1-2-6-14(7-3-1)20-12-15-18-16(21-19-15)11-13-5-4-9-17-10-8-13;/h1-3,6-7,13,17H,4-5,8-12H2;1H. The van der Waals surface area contributed by atoms with Crippen LogP contribution in [0.1, 0.15) is 31.0 Å². The molecular weight excluding hydrogens is 302 g/mol. The summed E-state index contributed by atoms with van der Waals surface area (Å²) in [5.74, 6) is 2.80. The molecule has 0 radical (unpaired) electrons. The molecule has 1 N–H and O–H groups in total. The molecule has 2 heterocycles. The van der Waals surface area contributed by atoms with Crippen molar-refractivity contribution in [1.29, 1.82) is 0 Å². The fourth-order valence-electron chi connectivity index (χ4n) is 2.64. The van der Waals surface area contributed by atoms with Gasteiger partial charge < -0.3 is 14.6 Å². The summed E-state index contributed by atoms with van der Waals surface area (Å²) in [5, 5.41) is 7.41. The Kier molecular flexibility index (Phi) is 6.68. The summed E-state index contributed by atoms with van der Waals surface area (Å²) in [6.45, 7) is 2.55. The maximum absolute atomic E-state index is 5.62. The molecule has 1 aromatic carbocycles. The third kappa shape index (κ3) is 5.00. The van der Waals surface area contributed by atoms with Crippen molar-refractivity contribution in [3.8, 4) is 5.75 Å². The van der Waals surface area contributed by atoms with E-state index in [-0.39, 0.29) is 12.4 Å². The zero-order chi connectivity index (χ0) is 14.3. The van der Waals surface area contributed by atoms with Crippen molar-refractivity contribution in [2.45, 2.75) is 32.3 Å². The fraction of sp³-hybridized carbons (Fsp3) is 0.500. The van der Waals surface area contributed by atoms with Crippen LogP contribution in [0.15, 0.2) is 34.9 Å². The maximum atomic E-state index is 5.62. The highest BCUT2D eigenvalue weighted by atomic mass is 35.5. The predicted octanol–water partition coefficient (Wildman–Crippen LogP) is 3.00. The van der Waals surface area contributed by atoms with Crippen LogP contribution in [0.25, 0.3) is 0 Å². The van der Waals surface area contributed by atoms with Gasteiger partial charge in [-0.1, -0.05) is 23.4 Å². The lowest BCUT2D eigenvalue weighted by molar-refractivity contribution is 0.283. The zero-order valence-electron chi connectivity index (χ0n) is 12.5. The van der Waals surface area contributed by atoms with Gasteiger partial charge in [0.2, 0.25) is 11.7 Å². The molecule has 1 unspecified atom stereocenters. The molecule has 22 heavy (non-hydrogen) atoms. The van der Waals surface area contributed by atoms with Crippen LogP contribution in [0.5, 0.6) is 5.75 Å². The van der Waals surface area contributed by atoms with Gasteiger partial charge in [0, 0.05) is 6.42 Å². The highest BCUT2D eigenvalue weighted by Crippen LogP contribution is 2.18. The molecule has 1 aromatic heterocycles. The summed E-state index contributed by atoms with van der Waals surface area (Å²) in [5.41, 5.74) is 0. The minimum absolute atomic E-state index is 0. The first-order valence-corrected chi connectivity index (χ1v) is 7.60. The topological polar surface area (TPSA) is 60.2 Å². The van der Waals surface area contributed by atoms with Gasteiger partial charge >= 0.3 is 0 Å². The van der Waals surface area contributed by atoms with E-state index in [1.54, 1.807) is 0 Å². The summed E-state index contributed by atoms with van der Waals surface area (Å²) in [4.78, 5) is 4.43. The van der Waals surface area contributed by atoms with E-state index in [0.29, 0.717) is 18.3 Å². The van der Waals surface area contributed by atoms with E-state index in [4.69, 9.17) is 9.26 Å². The molecule has 1 aliphatic heterocycles. The number of aromatic nitrogens is 2. The Morgan fingerprint density at radius 3 is 2.91 bits per heavy atom. The van der Waals surface area contributed by atoms with Gasteiger partial charge in [-0.25, -0.2) is 0 Å². The molecule has 1 aliphatic rings. The van der Waals surface area contributed by atoms with Crippen LogP contribution in [0.2, 0.25) is 0 Å². The molecule has 0 aliphatic carbocycles. The number of hydrogen-bond donors (Lipinski definition) is 1. The number of ether oxygens (including phenoxy) is 1. The minimum atomic E-state index is 0. The van der Waals surface area contributed by atoms with Crippen molar-refractivity contribution in [2.24, 2.45) is 5.92 Å². The van der Waals surface area contributed by atoms with Crippen molar-refractivity contribution >= 4 is 12.4 Å². The second-order valence-corrected chi connectivity index (χ2v) is 5.46. The second kappa shape index (κ2) is 8.76. The Morgan fingerprint density at radius 2 is 2.05 bits per heavy atom.